The highest BCUT2D eigenvalue weighted by Crippen LogP contribution is 2.33. The van der Waals surface area contributed by atoms with Crippen LogP contribution < -0.4 is 5.32 Å². The molecule has 1 aliphatic carbocycles. The standard InChI is InChI=1S/C21H23N3OS/c1-26-19-9-5-4-8-16(19)15-10-11-17-18(13-15)23-24-21(17)22-20(25)12-14-6-2-3-7-14/h4-5,8-11,13-14H,2-3,6-7,12H2,1H3,(H2,22,23,24,25). The minimum absolute atomic E-state index is 0.0714. The quantitative estimate of drug-likeness (QED) is 0.589. The van der Waals surface area contributed by atoms with Gasteiger partial charge in [-0.15, -0.1) is 11.8 Å². The van der Waals surface area contributed by atoms with Crippen LogP contribution in [-0.2, 0) is 4.79 Å². The highest BCUT2D eigenvalue weighted by molar-refractivity contribution is 7.98. The Labute approximate surface area is 157 Å². The summed E-state index contributed by atoms with van der Waals surface area (Å²) in [6.07, 6.45) is 7.55. The van der Waals surface area contributed by atoms with Crippen molar-refractivity contribution in [2.24, 2.45) is 5.92 Å². The van der Waals surface area contributed by atoms with Gasteiger partial charge in [-0.05, 0) is 54.3 Å². The van der Waals surface area contributed by atoms with Gasteiger partial charge < -0.3 is 5.32 Å². The molecule has 1 aromatic heterocycles. The van der Waals surface area contributed by atoms with Crippen LogP contribution in [0.5, 0.6) is 0 Å². The summed E-state index contributed by atoms with van der Waals surface area (Å²) in [6, 6.07) is 14.6. The van der Waals surface area contributed by atoms with E-state index in [9.17, 15) is 4.79 Å². The number of carbonyl (C=O) groups excluding carboxylic acids is 1. The molecule has 0 aliphatic heterocycles. The molecule has 0 atom stereocenters. The number of nitrogens with one attached hydrogen (secondary N) is 2. The minimum atomic E-state index is 0.0714. The van der Waals surface area contributed by atoms with E-state index in [0.717, 1.165) is 16.5 Å². The van der Waals surface area contributed by atoms with E-state index in [4.69, 9.17) is 0 Å². The van der Waals surface area contributed by atoms with Gasteiger partial charge in [0.05, 0.1) is 5.52 Å². The molecular weight excluding hydrogens is 342 g/mol. The molecule has 5 heteroatoms. The third kappa shape index (κ3) is 3.49. The van der Waals surface area contributed by atoms with Gasteiger partial charge in [0, 0.05) is 16.7 Å². The van der Waals surface area contributed by atoms with Crippen LogP contribution in [0, 0.1) is 5.92 Å². The van der Waals surface area contributed by atoms with Gasteiger partial charge in [0.25, 0.3) is 0 Å². The molecule has 1 saturated carbocycles. The Morgan fingerprint density at radius 1 is 1.23 bits per heavy atom. The maximum Gasteiger partial charge on any atom is 0.225 e. The minimum Gasteiger partial charge on any atom is -0.309 e. The lowest BCUT2D eigenvalue weighted by Gasteiger charge is -2.09. The second-order valence-electron chi connectivity index (χ2n) is 6.94. The van der Waals surface area contributed by atoms with Gasteiger partial charge in [0.1, 0.15) is 0 Å². The zero-order chi connectivity index (χ0) is 17.9. The molecule has 0 bridgehead atoms. The predicted molar refractivity (Wildman–Crippen MR) is 109 cm³/mol. The summed E-state index contributed by atoms with van der Waals surface area (Å²) in [7, 11) is 0. The second-order valence-corrected chi connectivity index (χ2v) is 7.78. The van der Waals surface area contributed by atoms with Gasteiger partial charge >= 0.3 is 0 Å². The third-order valence-electron chi connectivity index (χ3n) is 5.19. The highest BCUT2D eigenvalue weighted by Gasteiger charge is 2.19. The molecule has 1 heterocycles. The smallest absolute Gasteiger partial charge is 0.225 e. The van der Waals surface area contributed by atoms with Crippen LogP contribution in [0.1, 0.15) is 32.1 Å². The van der Waals surface area contributed by atoms with Crippen molar-refractivity contribution in [3.8, 4) is 11.1 Å². The van der Waals surface area contributed by atoms with Gasteiger partial charge in [0.15, 0.2) is 5.82 Å². The van der Waals surface area contributed by atoms with Crippen LogP contribution in [0.4, 0.5) is 5.82 Å². The van der Waals surface area contributed by atoms with Crippen LogP contribution in [0.15, 0.2) is 47.4 Å². The molecule has 4 nitrogen and oxygen atoms in total. The number of hydrogen-bond donors (Lipinski definition) is 2. The lowest BCUT2D eigenvalue weighted by atomic mass is 10.0. The Hall–Kier alpha value is -2.27. The molecule has 2 N–H and O–H groups in total. The van der Waals surface area contributed by atoms with Gasteiger partial charge in [-0.1, -0.05) is 37.1 Å². The summed E-state index contributed by atoms with van der Waals surface area (Å²) in [5.41, 5.74) is 3.30. The van der Waals surface area contributed by atoms with Gasteiger partial charge in [0.2, 0.25) is 5.91 Å². The van der Waals surface area contributed by atoms with Crippen LogP contribution in [-0.4, -0.2) is 22.4 Å². The molecule has 134 valence electrons. The Bertz CT molecular complexity index is 928. The van der Waals surface area contributed by atoms with E-state index >= 15 is 0 Å². The number of thioether (sulfide) groups is 1. The van der Waals surface area contributed by atoms with Crippen molar-refractivity contribution < 1.29 is 4.79 Å². The first-order valence-corrected chi connectivity index (χ1v) is 10.4. The number of H-pyrrole nitrogens is 1. The van der Waals surface area contributed by atoms with Crippen molar-refractivity contribution in [2.45, 2.75) is 37.0 Å². The summed E-state index contributed by atoms with van der Waals surface area (Å²) in [6.45, 7) is 0. The lowest BCUT2D eigenvalue weighted by molar-refractivity contribution is -0.117. The topological polar surface area (TPSA) is 57.8 Å². The van der Waals surface area contributed by atoms with E-state index in [1.807, 2.05) is 6.07 Å². The average Bonchev–Trinajstić information content (AvgIpc) is 3.31. The van der Waals surface area contributed by atoms with Crippen LogP contribution >= 0.6 is 11.8 Å². The third-order valence-corrected chi connectivity index (χ3v) is 5.98. The Kier molecular flexibility index (Phi) is 4.98. The zero-order valence-electron chi connectivity index (χ0n) is 14.9. The highest BCUT2D eigenvalue weighted by atomic mass is 32.2. The van der Waals surface area contributed by atoms with Crippen molar-refractivity contribution in [1.29, 1.82) is 0 Å². The summed E-state index contributed by atoms with van der Waals surface area (Å²) in [5, 5.41) is 11.3. The van der Waals surface area contributed by atoms with Crippen molar-refractivity contribution in [1.82, 2.24) is 10.2 Å². The average molecular weight is 366 g/mol. The van der Waals surface area contributed by atoms with Gasteiger partial charge in [-0.2, -0.15) is 5.10 Å². The first kappa shape index (κ1) is 17.2. The maximum absolute atomic E-state index is 12.3. The Balaban J connectivity index is 1.56. The van der Waals surface area contributed by atoms with E-state index in [1.54, 1.807) is 11.8 Å². The molecular formula is C21H23N3OS. The van der Waals surface area contributed by atoms with Crippen LogP contribution in [0.3, 0.4) is 0 Å². The van der Waals surface area contributed by atoms with Crippen LogP contribution in [0.25, 0.3) is 22.0 Å². The van der Waals surface area contributed by atoms with Crippen molar-refractivity contribution in [2.75, 3.05) is 11.6 Å². The van der Waals surface area contributed by atoms with E-state index in [1.165, 1.54) is 36.1 Å². The molecule has 2 aromatic carbocycles. The number of amides is 1. The number of aromatic nitrogens is 2. The van der Waals surface area contributed by atoms with Crippen molar-refractivity contribution >= 4 is 34.4 Å². The fraction of sp³-hybridized carbons (Fsp3) is 0.333. The van der Waals surface area contributed by atoms with Crippen LogP contribution in [0.2, 0.25) is 0 Å². The van der Waals surface area contributed by atoms with Gasteiger partial charge in [-0.3, -0.25) is 9.89 Å². The number of aromatic amines is 1. The first-order valence-electron chi connectivity index (χ1n) is 9.16. The molecule has 0 saturated heterocycles. The molecule has 26 heavy (non-hydrogen) atoms. The van der Waals surface area contributed by atoms with E-state index in [0.29, 0.717) is 18.2 Å². The largest absolute Gasteiger partial charge is 0.309 e. The van der Waals surface area contributed by atoms with E-state index < -0.39 is 0 Å². The molecule has 1 fully saturated rings. The number of benzene rings is 2. The fourth-order valence-electron chi connectivity index (χ4n) is 3.83. The van der Waals surface area contributed by atoms with E-state index in [2.05, 4.69) is 58.2 Å². The lowest BCUT2D eigenvalue weighted by Crippen LogP contribution is -2.15. The molecule has 1 amide bonds. The number of anilines is 1. The zero-order valence-corrected chi connectivity index (χ0v) is 15.7. The molecule has 0 unspecified atom stereocenters. The first-order chi connectivity index (χ1) is 12.7. The second kappa shape index (κ2) is 7.54. The molecule has 4 rings (SSSR count). The number of rotatable bonds is 5. The van der Waals surface area contributed by atoms with Crippen molar-refractivity contribution in [3.05, 3.63) is 42.5 Å². The summed E-state index contributed by atoms with van der Waals surface area (Å²) >= 11 is 1.74. The molecule has 0 spiro atoms. The van der Waals surface area contributed by atoms with Gasteiger partial charge in [-0.25, -0.2) is 0 Å². The molecule has 3 aromatic rings. The predicted octanol–water partition coefficient (Wildman–Crippen LogP) is 5.47. The number of carbonyl (C=O) groups is 1. The normalized spacial score (nSPS) is 14.8. The van der Waals surface area contributed by atoms with E-state index in [-0.39, 0.29) is 5.91 Å². The summed E-state index contributed by atoms with van der Waals surface area (Å²) < 4.78 is 0. The molecule has 0 radical (unpaired) electrons. The number of fused-ring (bicyclic) bond motifs is 1. The maximum atomic E-state index is 12.3. The Morgan fingerprint density at radius 3 is 2.85 bits per heavy atom. The fourth-order valence-corrected chi connectivity index (χ4v) is 4.45. The molecule has 1 aliphatic rings. The monoisotopic (exact) mass is 365 g/mol. The summed E-state index contributed by atoms with van der Waals surface area (Å²) in [4.78, 5) is 13.6. The SMILES string of the molecule is CSc1ccccc1-c1ccc2c(NC(=O)CC3CCCC3)n[nH]c2c1. The number of hydrogen-bond acceptors (Lipinski definition) is 3. The Morgan fingerprint density at radius 2 is 2.04 bits per heavy atom. The number of nitrogens with zero attached hydrogens (tertiary/aromatic N) is 1. The summed E-state index contributed by atoms with van der Waals surface area (Å²) in [5.74, 6) is 1.24. The van der Waals surface area contributed by atoms with Crippen molar-refractivity contribution in [3.63, 3.8) is 0 Å².